The van der Waals surface area contributed by atoms with E-state index in [-0.39, 0.29) is 26.2 Å². The molecule has 20 nitrogen and oxygen atoms in total. The zero-order valence-corrected chi connectivity index (χ0v) is 44.4. The number of hydrogen-bond donors (Lipinski definition) is 4. The normalized spacial score (nSPS) is 12.3. The van der Waals surface area contributed by atoms with Crippen molar-refractivity contribution >= 4 is 0 Å². The summed E-state index contributed by atoms with van der Waals surface area (Å²) in [4.78, 5) is 0. The Bertz CT molecular complexity index is 2690. The fourth-order valence-electron chi connectivity index (χ4n) is 9.89. The van der Waals surface area contributed by atoms with Gasteiger partial charge < -0.3 is 41.9 Å². The SMILES string of the molecule is CCCOc1c2cc(Cn3cc(CN)nn3)cc1Cc1cc(Cn3cc(CN)nn3)cc(c1OCCC)Cc1cc(Cn3cc(CN)nn3)cc(c1OCCC)Cc1cc(Cn3cc(CN)nn3)cc(c1OCCC)C2. The molecule has 76 heavy (non-hydrogen) atoms. The summed E-state index contributed by atoms with van der Waals surface area (Å²) in [5.41, 5.74) is 39.2. The van der Waals surface area contributed by atoms with Gasteiger partial charge in [0.05, 0.1) is 100 Å². The van der Waals surface area contributed by atoms with Crippen molar-refractivity contribution in [2.24, 2.45) is 22.9 Å². The molecule has 400 valence electrons. The highest BCUT2D eigenvalue weighted by Crippen LogP contribution is 2.41. The summed E-state index contributed by atoms with van der Waals surface area (Å²) in [6.45, 7) is 13.6. The van der Waals surface area contributed by atoms with Gasteiger partial charge in [-0.2, -0.15) is 0 Å². The van der Waals surface area contributed by atoms with Gasteiger partial charge in [0.1, 0.15) is 23.0 Å². The lowest BCUT2D eigenvalue weighted by atomic mass is 9.88. The fraction of sp³-hybridized carbons (Fsp3) is 0.429. The van der Waals surface area contributed by atoms with Gasteiger partial charge in [-0.05, 0) is 141 Å². The van der Waals surface area contributed by atoms with Crippen LogP contribution < -0.4 is 41.9 Å². The summed E-state index contributed by atoms with van der Waals surface area (Å²) in [7, 11) is 0. The number of nitrogens with zero attached hydrogens (tertiary/aromatic N) is 12. The maximum Gasteiger partial charge on any atom is 0.126 e. The van der Waals surface area contributed by atoms with Gasteiger partial charge >= 0.3 is 0 Å². The highest BCUT2D eigenvalue weighted by Gasteiger charge is 2.26. The van der Waals surface area contributed by atoms with E-state index in [9.17, 15) is 0 Å². The van der Waals surface area contributed by atoms with Crippen molar-refractivity contribution in [3.8, 4) is 23.0 Å². The Morgan fingerprint density at radius 1 is 0.342 bits per heavy atom. The summed E-state index contributed by atoms with van der Waals surface area (Å²) >= 11 is 0. The van der Waals surface area contributed by atoms with Crippen LogP contribution in [0.4, 0.5) is 0 Å². The van der Waals surface area contributed by atoms with E-state index in [0.717, 1.165) is 115 Å². The molecule has 0 atom stereocenters. The second-order valence-corrected chi connectivity index (χ2v) is 19.5. The van der Waals surface area contributed by atoms with Crippen LogP contribution in [-0.4, -0.2) is 86.4 Å². The Morgan fingerprint density at radius 3 is 0.697 bits per heavy atom. The number of benzene rings is 4. The van der Waals surface area contributed by atoms with Crippen molar-refractivity contribution in [1.82, 2.24) is 60.0 Å². The van der Waals surface area contributed by atoms with Crippen LogP contribution in [0.1, 0.15) is 143 Å². The minimum Gasteiger partial charge on any atom is -0.493 e. The van der Waals surface area contributed by atoms with Gasteiger partial charge in [-0.3, -0.25) is 0 Å². The van der Waals surface area contributed by atoms with Gasteiger partial charge in [0, 0.05) is 51.9 Å². The topological polar surface area (TPSA) is 264 Å². The third-order valence-electron chi connectivity index (χ3n) is 13.1. The summed E-state index contributed by atoms with van der Waals surface area (Å²) in [5.74, 6) is 3.29. The van der Waals surface area contributed by atoms with Gasteiger partial charge in [0.2, 0.25) is 0 Å². The molecular formula is C56H72N16O4. The molecule has 9 rings (SSSR count). The molecule has 8 N–H and O–H groups in total. The molecule has 8 aromatic rings. The van der Waals surface area contributed by atoms with Gasteiger partial charge in [-0.25, -0.2) is 18.7 Å². The highest BCUT2D eigenvalue weighted by molar-refractivity contribution is 5.59. The van der Waals surface area contributed by atoms with Crippen molar-refractivity contribution in [3.05, 3.63) is 163 Å². The Morgan fingerprint density at radius 2 is 0.539 bits per heavy atom. The van der Waals surface area contributed by atoms with Crippen LogP contribution in [0, 0.1) is 0 Å². The van der Waals surface area contributed by atoms with Crippen LogP contribution in [0.25, 0.3) is 0 Å². The Labute approximate surface area is 444 Å². The van der Waals surface area contributed by atoms with Gasteiger partial charge in [-0.1, -0.05) is 48.5 Å². The zero-order valence-electron chi connectivity index (χ0n) is 44.4. The molecule has 0 unspecified atom stereocenters. The van der Waals surface area contributed by atoms with E-state index in [1.807, 2.05) is 43.5 Å². The number of aromatic nitrogens is 12. The molecule has 0 aliphatic heterocycles. The van der Waals surface area contributed by atoms with E-state index in [1.54, 1.807) is 0 Å². The first-order valence-electron chi connectivity index (χ1n) is 26.7. The maximum absolute atomic E-state index is 6.98. The molecule has 0 saturated carbocycles. The minimum atomic E-state index is 0.289. The van der Waals surface area contributed by atoms with E-state index in [1.165, 1.54) is 0 Å². The molecule has 0 amide bonds. The molecule has 0 radical (unpaired) electrons. The fourth-order valence-corrected chi connectivity index (χ4v) is 9.89. The largest absolute Gasteiger partial charge is 0.493 e. The number of nitrogens with two attached hydrogens (primary N) is 4. The molecule has 4 aromatic carbocycles. The van der Waals surface area contributed by atoms with Gasteiger partial charge in [0.15, 0.2) is 0 Å². The van der Waals surface area contributed by atoms with E-state index in [4.69, 9.17) is 41.9 Å². The lowest BCUT2D eigenvalue weighted by Gasteiger charge is -2.25. The van der Waals surface area contributed by atoms with Crippen molar-refractivity contribution in [2.45, 2.75) is 131 Å². The molecule has 1 aliphatic carbocycles. The predicted molar refractivity (Wildman–Crippen MR) is 288 cm³/mol. The molecular weight excluding hydrogens is 961 g/mol. The van der Waals surface area contributed by atoms with Crippen LogP contribution in [0.2, 0.25) is 0 Å². The quantitative estimate of drug-likeness (QED) is 0.0548. The molecule has 0 fully saturated rings. The number of rotatable bonds is 24. The first kappa shape index (κ1) is 53.3. The summed E-state index contributed by atoms with van der Waals surface area (Å²) < 4.78 is 35.3. The van der Waals surface area contributed by atoms with E-state index < -0.39 is 0 Å². The lowest BCUT2D eigenvalue weighted by molar-refractivity contribution is 0.304. The van der Waals surface area contributed by atoms with Crippen molar-refractivity contribution in [2.75, 3.05) is 26.4 Å². The number of fused-ring (bicyclic) bond motifs is 8. The van der Waals surface area contributed by atoms with Crippen LogP contribution >= 0.6 is 0 Å². The van der Waals surface area contributed by atoms with Crippen LogP contribution in [0.3, 0.4) is 0 Å². The minimum absolute atomic E-state index is 0.289. The summed E-state index contributed by atoms with van der Waals surface area (Å²) in [6.07, 6.45) is 12.8. The Hall–Kier alpha value is -7.52. The van der Waals surface area contributed by atoms with E-state index in [2.05, 4.69) is 117 Å². The monoisotopic (exact) mass is 1030 g/mol. The molecule has 0 spiro atoms. The average molecular weight is 1030 g/mol. The van der Waals surface area contributed by atoms with Gasteiger partial charge in [-0.15, -0.1) is 20.4 Å². The Balaban J connectivity index is 1.34. The molecule has 1 aliphatic rings. The molecule has 0 saturated heterocycles. The van der Waals surface area contributed by atoms with Crippen LogP contribution in [0.15, 0.2) is 73.3 Å². The first-order valence-corrected chi connectivity index (χ1v) is 26.7. The number of ether oxygens (including phenoxy) is 4. The van der Waals surface area contributed by atoms with E-state index in [0.29, 0.717) is 101 Å². The zero-order chi connectivity index (χ0) is 53.0. The smallest absolute Gasteiger partial charge is 0.126 e. The third-order valence-corrected chi connectivity index (χ3v) is 13.1. The van der Waals surface area contributed by atoms with E-state index >= 15 is 0 Å². The van der Waals surface area contributed by atoms with Gasteiger partial charge in [0.25, 0.3) is 0 Å². The standard InChI is InChI=1S/C56H72N16O4/c1-5-9-73-53-41-13-37(29-69-33-49(25-57)61-65-69)14-42(53)22-44-16-39(31-71-35-51(27-59)63-67-71)18-46(55(44)75-11-7-3)24-48-20-40(32-72-36-52(28-60)64-68-72)19-47(56(48)76-12-8-4)23-45-17-38(30-70-34-50(26-58)62-66-70)15-43(21-41)54(45)74-10-6-2/h13-20,33-36H,5-12,21-32,57-60H2,1-4H3. The average Bonchev–Trinajstić information content (AvgIpc) is 4.29. The number of hydrogen-bond acceptors (Lipinski definition) is 16. The summed E-state index contributed by atoms with van der Waals surface area (Å²) in [5, 5.41) is 35.3. The molecule has 4 aromatic heterocycles. The first-order chi connectivity index (χ1) is 37.2. The lowest BCUT2D eigenvalue weighted by Crippen LogP contribution is -2.13. The third kappa shape index (κ3) is 12.9. The second kappa shape index (κ2) is 25.3. The second-order valence-electron chi connectivity index (χ2n) is 19.5. The maximum atomic E-state index is 6.98. The van der Waals surface area contributed by atoms with Crippen molar-refractivity contribution < 1.29 is 18.9 Å². The molecule has 20 heteroatoms. The summed E-state index contributed by atoms with van der Waals surface area (Å²) in [6, 6.07) is 17.9. The predicted octanol–water partition coefficient (Wildman–Crippen LogP) is 5.91. The Kier molecular flexibility index (Phi) is 17.8. The van der Waals surface area contributed by atoms with Crippen molar-refractivity contribution in [3.63, 3.8) is 0 Å². The highest BCUT2D eigenvalue weighted by atomic mass is 16.5. The van der Waals surface area contributed by atoms with Crippen LogP contribution in [-0.2, 0) is 78.0 Å². The molecule has 4 heterocycles. The van der Waals surface area contributed by atoms with Crippen molar-refractivity contribution in [1.29, 1.82) is 0 Å². The van der Waals surface area contributed by atoms with Crippen LogP contribution in [0.5, 0.6) is 23.0 Å². The molecule has 8 bridgehead atoms.